The SMILES string of the molecule is O=C(O)C(=O)O.c1ccc(N(NCCN2CCOCC2)c2ccccc2)cc1. The molecule has 1 saturated heterocycles. The van der Waals surface area contributed by atoms with Crippen LogP contribution in [0.25, 0.3) is 0 Å². The molecule has 0 unspecified atom stereocenters. The molecule has 28 heavy (non-hydrogen) atoms. The molecule has 0 bridgehead atoms. The standard InChI is InChI=1S/C18H23N3O.C2H2O4/c1-3-7-17(8-4-1)21(18-9-5-2-6-10-18)19-11-12-20-13-15-22-16-14-20;3-1(4)2(5)6/h1-10,19H,11-16H2;(H,3,4)(H,5,6). The van der Waals surface area contributed by atoms with Crippen molar-refractivity contribution in [3.8, 4) is 0 Å². The number of aliphatic carboxylic acids is 2. The van der Waals surface area contributed by atoms with Crippen LogP contribution in [0.1, 0.15) is 0 Å². The summed E-state index contributed by atoms with van der Waals surface area (Å²) >= 11 is 0. The summed E-state index contributed by atoms with van der Waals surface area (Å²) in [5.74, 6) is -3.65. The molecule has 1 aliphatic heterocycles. The monoisotopic (exact) mass is 387 g/mol. The molecule has 3 rings (SSSR count). The molecule has 8 heteroatoms. The van der Waals surface area contributed by atoms with Crippen molar-refractivity contribution in [2.45, 2.75) is 0 Å². The Labute approximate surface area is 163 Å². The van der Waals surface area contributed by atoms with Gasteiger partial charge in [0.25, 0.3) is 0 Å². The third kappa shape index (κ3) is 7.36. The van der Waals surface area contributed by atoms with Gasteiger partial charge in [0.1, 0.15) is 0 Å². The molecule has 0 aromatic heterocycles. The van der Waals surface area contributed by atoms with Gasteiger partial charge in [0.05, 0.1) is 24.6 Å². The first-order valence-electron chi connectivity index (χ1n) is 8.98. The molecule has 3 N–H and O–H groups in total. The molecular weight excluding hydrogens is 362 g/mol. The summed E-state index contributed by atoms with van der Waals surface area (Å²) in [5, 5.41) is 16.9. The summed E-state index contributed by atoms with van der Waals surface area (Å²) in [6.45, 7) is 5.68. The summed E-state index contributed by atoms with van der Waals surface area (Å²) in [6, 6.07) is 20.8. The van der Waals surface area contributed by atoms with Crippen LogP contribution in [-0.2, 0) is 14.3 Å². The third-order valence-corrected chi connectivity index (χ3v) is 4.01. The number of hydrogen-bond donors (Lipinski definition) is 3. The van der Waals surface area contributed by atoms with Crippen molar-refractivity contribution >= 4 is 23.3 Å². The maximum absolute atomic E-state index is 9.10. The molecule has 0 saturated carbocycles. The molecule has 150 valence electrons. The highest BCUT2D eigenvalue weighted by molar-refractivity contribution is 6.27. The molecule has 1 fully saturated rings. The quantitative estimate of drug-likeness (QED) is 0.510. The van der Waals surface area contributed by atoms with Crippen molar-refractivity contribution < 1.29 is 24.5 Å². The first-order valence-corrected chi connectivity index (χ1v) is 8.98. The molecule has 1 heterocycles. The van der Waals surface area contributed by atoms with E-state index in [9.17, 15) is 0 Å². The molecule has 0 amide bonds. The van der Waals surface area contributed by atoms with Gasteiger partial charge < -0.3 is 14.9 Å². The number of hydrogen-bond acceptors (Lipinski definition) is 6. The van der Waals surface area contributed by atoms with E-state index in [2.05, 4.69) is 63.9 Å². The van der Waals surface area contributed by atoms with Gasteiger partial charge in [0.2, 0.25) is 0 Å². The average Bonchev–Trinajstić information content (AvgIpc) is 2.74. The minimum Gasteiger partial charge on any atom is -0.473 e. The van der Waals surface area contributed by atoms with Crippen LogP contribution in [-0.4, -0.2) is 66.4 Å². The van der Waals surface area contributed by atoms with Crippen molar-refractivity contribution in [1.29, 1.82) is 0 Å². The van der Waals surface area contributed by atoms with E-state index in [1.54, 1.807) is 0 Å². The second kappa shape index (κ2) is 11.7. The Kier molecular flexibility index (Phi) is 8.93. The Hall–Kier alpha value is -2.94. The number of carbonyl (C=O) groups is 2. The minimum atomic E-state index is -1.82. The average molecular weight is 387 g/mol. The van der Waals surface area contributed by atoms with Crippen molar-refractivity contribution in [1.82, 2.24) is 10.3 Å². The Balaban J connectivity index is 0.000000409. The lowest BCUT2D eigenvalue weighted by molar-refractivity contribution is -0.159. The molecule has 0 radical (unpaired) electrons. The number of ether oxygens (including phenoxy) is 1. The summed E-state index contributed by atoms with van der Waals surface area (Å²) in [7, 11) is 0. The summed E-state index contributed by atoms with van der Waals surface area (Å²) in [5.41, 5.74) is 5.85. The highest BCUT2D eigenvalue weighted by atomic mass is 16.5. The first-order chi connectivity index (χ1) is 13.6. The number of nitrogens with one attached hydrogen (secondary N) is 1. The predicted octanol–water partition coefficient (Wildman–Crippen LogP) is 1.82. The molecule has 8 nitrogen and oxygen atoms in total. The van der Waals surface area contributed by atoms with E-state index in [0.717, 1.165) is 50.8 Å². The maximum atomic E-state index is 9.10. The van der Waals surface area contributed by atoms with E-state index in [-0.39, 0.29) is 0 Å². The number of morpholine rings is 1. The number of carboxylic acid groups (broad SMARTS) is 2. The zero-order valence-electron chi connectivity index (χ0n) is 15.5. The van der Waals surface area contributed by atoms with Crippen molar-refractivity contribution in [3.05, 3.63) is 60.7 Å². The number of para-hydroxylation sites is 2. The van der Waals surface area contributed by atoms with E-state index < -0.39 is 11.9 Å². The molecule has 2 aromatic rings. The van der Waals surface area contributed by atoms with E-state index in [1.807, 2.05) is 12.1 Å². The zero-order chi connectivity index (χ0) is 20.2. The van der Waals surface area contributed by atoms with E-state index in [4.69, 9.17) is 24.5 Å². The second-order valence-electron chi connectivity index (χ2n) is 5.98. The molecule has 0 aliphatic carbocycles. The van der Waals surface area contributed by atoms with E-state index >= 15 is 0 Å². The third-order valence-electron chi connectivity index (χ3n) is 4.01. The summed E-state index contributed by atoms with van der Waals surface area (Å²) < 4.78 is 5.39. The van der Waals surface area contributed by atoms with Crippen LogP contribution in [0.4, 0.5) is 11.4 Å². The van der Waals surface area contributed by atoms with Crippen LogP contribution in [0.15, 0.2) is 60.7 Å². The van der Waals surface area contributed by atoms with Crippen LogP contribution < -0.4 is 10.4 Å². The minimum absolute atomic E-state index is 0.848. The van der Waals surface area contributed by atoms with Gasteiger partial charge in [-0.25, -0.2) is 15.0 Å². The molecular formula is C20H25N3O5. The molecule has 0 atom stereocenters. The topological polar surface area (TPSA) is 102 Å². The zero-order valence-corrected chi connectivity index (χ0v) is 15.5. The van der Waals surface area contributed by atoms with Gasteiger partial charge in [-0.1, -0.05) is 36.4 Å². The highest BCUT2D eigenvalue weighted by Crippen LogP contribution is 2.22. The lowest BCUT2D eigenvalue weighted by Gasteiger charge is -2.30. The van der Waals surface area contributed by atoms with Crippen LogP contribution >= 0.6 is 0 Å². The van der Waals surface area contributed by atoms with Gasteiger partial charge in [0, 0.05) is 26.2 Å². The largest absolute Gasteiger partial charge is 0.473 e. The lowest BCUT2D eigenvalue weighted by Crippen LogP contribution is -2.43. The van der Waals surface area contributed by atoms with Gasteiger partial charge in [-0.3, -0.25) is 9.91 Å². The lowest BCUT2D eigenvalue weighted by atomic mass is 10.2. The van der Waals surface area contributed by atoms with Crippen molar-refractivity contribution in [2.24, 2.45) is 0 Å². The number of rotatable bonds is 6. The van der Waals surface area contributed by atoms with Crippen molar-refractivity contribution in [2.75, 3.05) is 44.4 Å². The fourth-order valence-electron chi connectivity index (χ4n) is 2.63. The Morgan fingerprint density at radius 1 is 0.893 bits per heavy atom. The molecule has 1 aliphatic rings. The number of anilines is 2. The fraction of sp³-hybridized carbons (Fsp3) is 0.300. The smallest absolute Gasteiger partial charge is 0.414 e. The van der Waals surface area contributed by atoms with Gasteiger partial charge in [0.15, 0.2) is 0 Å². The highest BCUT2D eigenvalue weighted by Gasteiger charge is 2.12. The van der Waals surface area contributed by atoms with Crippen LogP contribution in [0.2, 0.25) is 0 Å². The van der Waals surface area contributed by atoms with Crippen LogP contribution in [0.3, 0.4) is 0 Å². The summed E-state index contributed by atoms with van der Waals surface area (Å²) in [6.07, 6.45) is 0. The van der Waals surface area contributed by atoms with Gasteiger partial charge >= 0.3 is 11.9 Å². The molecule has 0 spiro atoms. The first kappa shape index (κ1) is 21.4. The number of carboxylic acids is 2. The van der Waals surface area contributed by atoms with E-state index in [1.165, 1.54) is 0 Å². The van der Waals surface area contributed by atoms with Gasteiger partial charge in [-0.05, 0) is 24.3 Å². The predicted molar refractivity (Wildman–Crippen MR) is 106 cm³/mol. The number of nitrogens with zero attached hydrogens (tertiary/aromatic N) is 2. The van der Waals surface area contributed by atoms with Crippen LogP contribution in [0.5, 0.6) is 0 Å². The van der Waals surface area contributed by atoms with E-state index in [0.29, 0.717) is 0 Å². The van der Waals surface area contributed by atoms with Crippen LogP contribution in [0, 0.1) is 0 Å². The maximum Gasteiger partial charge on any atom is 0.414 e. The van der Waals surface area contributed by atoms with Gasteiger partial charge in [-0.2, -0.15) is 0 Å². The summed E-state index contributed by atoms with van der Waals surface area (Å²) in [4.78, 5) is 20.6. The number of hydrazine groups is 1. The fourth-order valence-corrected chi connectivity index (χ4v) is 2.63. The van der Waals surface area contributed by atoms with Gasteiger partial charge in [-0.15, -0.1) is 0 Å². The number of benzene rings is 2. The normalized spacial score (nSPS) is 13.9. The second-order valence-corrected chi connectivity index (χ2v) is 5.98. The molecule has 2 aromatic carbocycles. The van der Waals surface area contributed by atoms with Crippen molar-refractivity contribution in [3.63, 3.8) is 0 Å². The Morgan fingerprint density at radius 2 is 1.36 bits per heavy atom. The Morgan fingerprint density at radius 3 is 1.79 bits per heavy atom. The Bertz CT molecular complexity index is 670.